The molecular weight excluding hydrogens is 255 g/mol. The molecule has 0 fully saturated rings. The Labute approximate surface area is 84.2 Å². The van der Waals surface area contributed by atoms with Crippen LogP contribution in [-0.4, -0.2) is 33.2 Å². The fraction of sp³-hybridized carbons (Fsp3) is 0. The van der Waals surface area contributed by atoms with E-state index in [9.17, 15) is 0 Å². The molecule has 0 aliphatic rings. The molecule has 0 rings (SSSR count). The smallest absolute Gasteiger partial charge is 0.356 e. The van der Waals surface area contributed by atoms with E-state index in [0.29, 0.717) is 0 Å². The Bertz CT molecular complexity index is 73.7. The van der Waals surface area contributed by atoms with Crippen LogP contribution in [-0.2, 0) is 20.4 Å². The van der Waals surface area contributed by atoms with Crippen LogP contribution in [0, 0.1) is 30.6 Å². The second-order valence-corrected chi connectivity index (χ2v) is 0.447. The normalized spacial score (nSPS) is 4.80. The Morgan fingerprint density at radius 3 is 0.800 bits per heavy atom. The fourth-order valence-corrected chi connectivity index (χ4v) is 0. The maximum Gasteiger partial charge on any atom is 2.00 e. The summed E-state index contributed by atoms with van der Waals surface area (Å²) >= 11 is 0. The van der Waals surface area contributed by atoms with E-state index in [-0.39, 0.29) is 43.5 Å². The zero-order valence-corrected chi connectivity index (χ0v) is 7.34. The van der Waals surface area contributed by atoms with Crippen molar-refractivity contribution in [1.29, 1.82) is 0 Å². The van der Waals surface area contributed by atoms with Gasteiger partial charge in [0.25, 0.3) is 0 Å². The molecule has 0 spiro atoms. The molecule has 0 unspecified atom stereocenters. The molecule has 0 aliphatic heterocycles. The van der Waals surface area contributed by atoms with E-state index in [4.69, 9.17) is 30.6 Å². The summed E-state index contributed by atoms with van der Waals surface area (Å²) in [6, 6.07) is 0. The van der Waals surface area contributed by atoms with Crippen molar-refractivity contribution in [2.75, 3.05) is 0 Å². The van der Waals surface area contributed by atoms with Crippen LogP contribution in [0.1, 0.15) is 0 Å². The maximum atomic E-state index is 8.25. The summed E-state index contributed by atoms with van der Waals surface area (Å²) < 4.78 is 0. The van der Waals surface area contributed by atoms with Gasteiger partial charge in [0.15, 0.2) is 0 Å². The van der Waals surface area contributed by atoms with E-state index in [0.717, 1.165) is 0 Å². The third-order valence-corrected chi connectivity index (χ3v) is 0. The average Bonchev–Trinajstić information content (AvgIpc) is 1.25. The molecule has 0 radical (unpaired) electrons. The van der Waals surface area contributed by atoms with Crippen molar-refractivity contribution in [2.45, 2.75) is 0 Å². The molecule has 0 saturated carbocycles. The molecule has 0 aliphatic carbocycles. The molecule has 58 valence electrons. The third kappa shape index (κ3) is 12400. The Hall–Kier alpha value is -0.171. The molecule has 0 amide bonds. The summed E-state index contributed by atoms with van der Waals surface area (Å²) in [5, 5.41) is 29.5. The van der Waals surface area contributed by atoms with Gasteiger partial charge in [-0.05, 0) is 0 Å². The van der Waals surface area contributed by atoms with Crippen molar-refractivity contribution in [1.82, 2.24) is 0 Å². The molecule has 0 bridgehead atoms. The van der Waals surface area contributed by atoms with Gasteiger partial charge in [-0.25, -0.2) is 0 Å². The number of hydrogen-bond acceptors (Lipinski definition) is 6. The largest absolute Gasteiger partial charge is 2.00 e. The average molecular weight is 255 g/mol. The van der Waals surface area contributed by atoms with Crippen LogP contribution in [0.15, 0.2) is 0 Å². The van der Waals surface area contributed by atoms with Crippen molar-refractivity contribution in [3.63, 3.8) is 0 Å². The number of rotatable bonds is 0. The molecule has 8 nitrogen and oxygen atoms in total. The van der Waals surface area contributed by atoms with Gasteiger partial charge in [0.05, 0.1) is 10.2 Å². The number of nitrogens with zero attached hydrogens (tertiary/aromatic N) is 2. The zero-order valence-electron chi connectivity index (χ0n) is 4.37. The minimum absolute atomic E-state index is 0. The molecule has 0 heterocycles. The number of hydrogen-bond donors (Lipinski definition) is 0. The van der Waals surface area contributed by atoms with Crippen LogP contribution >= 0.6 is 0 Å². The van der Waals surface area contributed by atoms with Gasteiger partial charge in [-0.15, -0.1) is 0 Å². The Kier molecular flexibility index (Phi) is 35.9. The van der Waals surface area contributed by atoms with Crippen LogP contribution in [0.2, 0.25) is 0 Å². The van der Waals surface area contributed by atoms with Crippen LogP contribution in [0.25, 0.3) is 0 Å². The predicted molar refractivity (Wildman–Crippen MR) is 26.5 cm³/mol. The first-order chi connectivity index (χ1) is 3.46. The summed E-state index contributed by atoms with van der Waals surface area (Å²) in [5.41, 5.74) is 0. The van der Waals surface area contributed by atoms with Gasteiger partial charge in [0.2, 0.25) is 0 Å². The van der Waals surface area contributed by atoms with Crippen LogP contribution in [0.3, 0.4) is 0 Å². The van der Waals surface area contributed by atoms with Gasteiger partial charge in [-0.2, -0.15) is 0 Å². The monoisotopic (exact) mass is 254 g/mol. The van der Waals surface area contributed by atoms with E-state index in [2.05, 4.69) is 0 Å². The fourth-order valence-electron chi connectivity index (χ4n) is 0. The van der Waals surface area contributed by atoms with E-state index >= 15 is 0 Å². The van der Waals surface area contributed by atoms with Gasteiger partial charge in [0, 0.05) is 20.4 Å². The van der Waals surface area contributed by atoms with Crippen molar-refractivity contribution in [3.8, 4) is 0 Å². The molecule has 10 heteroatoms. The summed E-state index contributed by atoms with van der Waals surface area (Å²) in [7, 11) is 0. The summed E-state index contributed by atoms with van der Waals surface area (Å²) in [4.78, 5) is 16.5. The standard InChI is InChI=1S/Mg.2NO3.Pd/c;2*2-1(3)4;/q+2;2*-1;. The van der Waals surface area contributed by atoms with E-state index in [1.54, 1.807) is 0 Å². The molecule has 0 aromatic rings. The molecule has 0 saturated heterocycles. The Morgan fingerprint density at radius 2 is 0.800 bits per heavy atom. The Morgan fingerprint density at radius 1 is 0.800 bits per heavy atom. The van der Waals surface area contributed by atoms with Crippen LogP contribution in [0.4, 0.5) is 0 Å². The van der Waals surface area contributed by atoms with E-state index < -0.39 is 10.2 Å². The molecule has 0 N–H and O–H groups in total. The first-order valence-electron chi connectivity index (χ1n) is 1.10. The first-order valence-corrected chi connectivity index (χ1v) is 1.10. The van der Waals surface area contributed by atoms with Crippen LogP contribution < -0.4 is 0 Å². The van der Waals surface area contributed by atoms with Gasteiger partial charge in [-0.1, -0.05) is 0 Å². The van der Waals surface area contributed by atoms with Crippen molar-refractivity contribution in [2.24, 2.45) is 0 Å². The SMILES string of the molecule is O=[N+]([O-])[O-].O=[N+]([O-])[O-].[Mg+2].[Pd]. The van der Waals surface area contributed by atoms with Crippen LogP contribution in [0.5, 0.6) is 0 Å². The summed E-state index contributed by atoms with van der Waals surface area (Å²) in [6.07, 6.45) is 0. The molecule has 0 aromatic carbocycles. The third-order valence-electron chi connectivity index (χ3n) is 0. The zero-order chi connectivity index (χ0) is 7.15. The Balaban J connectivity index is -0.0000000300. The predicted octanol–water partition coefficient (Wildman–Crippen LogP) is -0.862. The van der Waals surface area contributed by atoms with Gasteiger partial charge < -0.3 is 30.6 Å². The van der Waals surface area contributed by atoms with Gasteiger partial charge in [-0.3, -0.25) is 0 Å². The summed E-state index contributed by atoms with van der Waals surface area (Å²) in [6.45, 7) is 0. The quantitative estimate of drug-likeness (QED) is 0.314. The molecule has 0 aromatic heterocycles. The van der Waals surface area contributed by atoms with Crippen molar-refractivity contribution in [3.05, 3.63) is 30.6 Å². The topological polar surface area (TPSA) is 132 Å². The van der Waals surface area contributed by atoms with E-state index in [1.165, 1.54) is 0 Å². The van der Waals surface area contributed by atoms with Crippen molar-refractivity contribution >= 4 is 23.1 Å². The maximum absolute atomic E-state index is 8.25. The molecular formula is MgN2O6Pd. The van der Waals surface area contributed by atoms with E-state index in [1.807, 2.05) is 0 Å². The molecule has 0 atom stereocenters. The molecule has 10 heavy (non-hydrogen) atoms. The van der Waals surface area contributed by atoms with Gasteiger partial charge >= 0.3 is 23.1 Å². The second kappa shape index (κ2) is 15.9. The summed E-state index contributed by atoms with van der Waals surface area (Å²) in [5.74, 6) is 0. The second-order valence-electron chi connectivity index (χ2n) is 0.447. The van der Waals surface area contributed by atoms with Crippen molar-refractivity contribution < 1.29 is 30.6 Å². The minimum atomic E-state index is -1.75. The van der Waals surface area contributed by atoms with Gasteiger partial charge in [0.1, 0.15) is 0 Å². The minimum Gasteiger partial charge on any atom is -0.356 e. The first kappa shape index (κ1) is 22.6.